The van der Waals surface area contributed by atoms with Crippen LogP contribution in [0.4, 0.5) is 0 Å². The Balaban J connectivity index is 1.81. The molecule has 0 radical (unpaired) electrons. The summed E-state index contributed by atoms with van der Waals surface area (Å²) < 4.78 is 5.11. The Labute approximate surface area is 74.8 Å². The molecule has 0 aromatic carbocycles. The first-order valence-corrected chi connectivity index (χ1v) is 5.14. The van der Waals surface area contributed by atoms with E-state index in [9.17, 15) is 0 Å². The van der Waals surface area contributed by atoms with Gasteiger partial charge >= 0.3 is 0 Å². The van der Waals surface area contributed by atoms with Gasteiger partial charge in [0.2, 0.25) is 0 Å². The van der Waals surface area contributed by atoms with Crippen LogP contribution in [0.15, 0.2) is 12.0 Å². The highest BCUT2D eigenvalue weighted by Gasteiger charge is 2.28. The summed E-state index contributed by atoms with van der Waals surface area (Å²) in [5.41, 5.74) is 0. The van der Waals surface area contributed by atoms with E-state index in [1.807, 2.05) is 6.26 Å². The van der Waals surface area contributed by atoms with Crippen molar-refractivity contribution in [3.8, 4) is 0 Å². The van der Waals surface area contributed by atoms with Crippen LogP contribution in [-0.4, -0.2) is 0 Å². The first-order chi connectivity index (χ1) is 5.77. The van der Waals surface area contributed by atoms with Crippen molar-refractivity contribution in [2.45, 2.75) is 39.5 Å². The van der Waals surface area contributed by atoms with Crippen molar-refractivity contribution >= 4 is 0 Å². The summed E-state index contributed by atoms with van der Waals surface area (Å²) in [6.45, 7) is 4.68. The maximum atomic E-state index is 5.11. The van der Waals surface area contributed by atoms with Gasteiger partial charge in [0.1, 0.15) is 12.0 Å². The monoisotopic (exact) mass is 166 g/mol. The number of allylic oxidation sites excluding steroid dienone is 1. The lowest BCUT2D eigenvalue weighted by Crippen LogP contribution is -2.08. The smallest absolute Gasteiger partial charge is 0.141 e. The average Bonchev–Trinajstić information content (AvgIpc) is 2.80. The topological polar surface area (TPSA) is 12.5 Å². The van der Waals surface area contributed by atoms with Gasteiger partial charge in [0.25, 0.3) is 0 Å². The Bertz CT molecular complexity index is 195. The average molecular weight is 166 g/mol. The molecule has 2 aliphatic rings. The van der Waals surface area contributed by atoms with E-state index < -0.39 is 0 Å². The second kappa shape index (κ2) is 3.12. The fourth-order valence-corrected chi connectivity index (χ4v) is 2.41. The third-order valence-corrected chi connectivity index (χ3v) is 3.44. The Hall–Kier alpha value is -0.460. The van der Waals surface area contributed by atoms with Crippen molar-refractivity contribution in [1.29, 1.82) is 0 Å². The van der Waals surface area contributed by atoms with E-state index in [-0.39, 0.29) is 0 Å². The number of rotatable bonds is 3. The summed E-state index contributed by atoms with van der Waals surface area (Å²) in [6, 6.07) is 0. The van der Waals surface area contributed by atoms with E-state index >= 15 is 0 Å². The minimum Gasteiger partial charge on any atom is -0.462 e. The molecule has 1 aliphatic carbocycles. The van der Waals surface area contributed by atoms with Crippen LogP contribution in [0.1, 0.15) is 39.5 Å². The molecule has 0 bridgehead atoms. The molecule has 0 amide bonds. The number of hydrogen-bond donors (Lipinski definition) is 0. The standard InChI is InChI=1S/C11H18O/c1-8-4-3-5-10(8)6-9(2)11-7-12-11/h7-10H,3-6H2,1-2H3. The lowest BCUT2D eigenvalue weighted by molar-refractivity contribution is 0.323. The van der Waals surface area contributed by atoms with Crippen LogP contribution in [0.2, 0.25) is 0 Å². The zero-order valence-corrected chi connectivity index (χ0v) is 8.05. The quantitative estimate of drug-likeness (QED) is 0.626. The van der Waals surface area contributed by atoms with Gasteiger partial charge in [-0.15, -0.1) is 0 Å². The van der Waals surface area contributed by atoms with Crippen LogP contribution in [-0.2, 0) is 4.74 Å². The van der Waals surface area contributed by atoms with E-state index in [1.165, 1.54) is 31.4 Å². The van der Waals surface area contributed by atoms with Gasteiger partial charge in [0.05, 0.1) is 0 Å². The third kappa shape index (κ3) is 1.65. The summed E-state index contributed by atoms with van der Waals surface area (Å²) in [5, 5.41) is 0. The molecule has 12 heavy (non-hydrogen) atoms. The largest absolute Gasteiger partial charge is 0.462 e. The van der Waals surface area contributed by atoms with Gasteiger partial charge in [0.15, 0.2) is 0 Å². The number of ether oxygens (including phenoxy) is 1. The molecule has 0 aromatic heterocycles. The van der Waals surface area contributed by atoms with Crippen molar-refractivity contribution in [2.75, 3.05) is 0 Å². The summed E-state index contributed by atoms with van der Waals surface area (Å²) in [7, 11) is 0. The molecule has 1 aliphatic heterocycles. The predicted molar refractivity (Wildman–Crippen MR) is 49.5 cm³/mol. The van der Waals surface area contributed by atoms with Crippen LogP contribution in [0, 0.1) is 17.8 Å². The van der Waals surface area contributed by atoms with Crippen molar-refractivity contribution in [2.24, 2.45) is 17.8 Å². The number of hydrogen-bond acceptors (Lipinski definition) is 1. The molecule has 0 spiro atoms. The summed E-state index contributed by atoms with van der Waals surface area (Å²) >= 11 is 0. The van der Waals surface area contributed by atoms with Crippen LogP contribution >= 0.6 is 0 Å². The zero-order valence-electron chi connectivity index (χ0n) is 8.05. The highest BCUT2D eigenvalue weighted by molar-refractivity contribution is 5.06. The molecule has 68 valence electrons. The molecule has 2 rings (SSSR count). The van der Waals surface area contributed by atoms with Gasteiger partial charge in [-0.25, -0.2) is 0 Å². The minimum absolute atomic E-state index is 0.676. The zero-order chi connectivity index (χ0) is 8.55. The van der Waals surface area contributed by atoms with Gasteiger partial charge in [0, 0.05) is 5.92 Å². The molecule has 0 N–H and O–H groups in total. The Morgan fingerprint density at radius 1 is 1.58 bits per heavy atom. The van der Waals surface area contributed by atoms with Gasteiger partial charge in [-0.2, -0.15) is 0 Å². The molecule has 1 saturated carbocycles. The Morgan fingerprint density at radius 2 is 2.33 bits per heavy atom. The second-order valence-electron chi connectivity index (χ2n) is 4.44. The predicted octanol–water partition coefficient (Wildman–Crippen LogP) is 3.32. The van der Waals surface area contributed by atoms with E-state index in [1.54, 1.807) is 0 Å². The lowest BCUT2D eigenvalue weighted by atomic mass is 9.88. The van der Waals surface area contributed by atoms with Gasteiger partial charge < -0.3 is 4.74 Å². The highest BCUT2D eigenvalue weighted by Crippen LogP contribution is 2.38. The highest BCUT2D eigenvalue weighted by atomic mass is 16.5. The van der Waals surface area contributed by atoms with E-state index in [2.05, 4.69) is 13.8 Å². The fraction of sp³-hybridized carbons (Fsp3) is 0.818. The Morgan fingerprint density at radius 3 is 2.83 bits per heavy atom. The molecular formula is C11H18O. The maximum Gasteiger partial charge on any atom is 0.141 e. The molecule has 3 unspecified atom stereocenters. The molecular weight excluding hydrogens is 148 g/mol. The second-order valence-corrected chi connectivity index (χ2v) is 4.44. The minimum atomic E-state index is 0.676. The first kappa shape index (κ1) is 8.15. The van der Waals surface area contributed by atoms with Crippen molar-refractivity contribution in [3.63, 3.8) is 0 Å². The molecule has 1 fully saturated rings. The summed E-state index contributed by atoms with van der Waals surface area (Å²) in [4.78, 5) is 0. The fourth-order valence-electron chi connectivity index (χ4n) is 2.41. The van der Waals surface area contributed by atoms with Crippen LogP contribution in [0.3, 0.4) is 0 Å². The van der Waals surface area contributed by atoms with E-state index in [0.29, 0.717) is 5.92 Å². The van der Waals surface area contributed by atoms with E-state index in [4.69, 9.17) is 4.74 Å². The first-order valence-electron chi connectivity index (χ1n) is 5.14. The van der Waals surface area contributed by atoms with Crippen LogP contribution < -0.4 is 0 Å². The maximum absolute atomic E-state index is 5.11. The summed E-state index contributed by atoms with van der Waals surface area (Å²) in [6.07, 6.45) is 7.56. The van der Waals surface area contributed by atoms with Crippen LogP contribution in [0.25, 0.3) is 0 Å². The molecule has 1 heterocycles. The van der Waals surface area contributed by atoms with Crippen LogP contribution in [0.5, 0.6) is 0 Å². The lowest BCUT2D eigenvalue weighted by Gasteiger charge is -2.17. The molecule has 1 heteroatoms. The van der Waals surface area contributed by atoms with Gasteiger partial charge in [-0.1, -0.05) is 33.1 Å². The van der Waals surface area contributed by atoms with Crippen molar-refractivity contribution in [3.05, 3.63) is 12.0 Å². The van der Waals surface area contributed by atoms with E-state index in [0.717, 1.165) is 11.8 Å². The van der Waals surface area contributed by atoms with Crippen molar-refractivity contribution in [1.82, 2.24) is 0 Å². The van der Waals surface area contributed by atoms with Gasteiger partial charge in [-0.05, 0) is 18.3 Å². The SMILES string of the molecule is CC(CC1CCCC1C)C1=CO1. The summed E-state index contributed by atoms with van der Waals surface area (Å²) in [5.74, 6) is 3.82. The molecule has 0 aromatic rings. The van der Waals surface area contributed by atoms with Crippen molar-refractivity contribution < 1.29 is 4.74 Å². The Kier molecular flexibility index (Phi) is 2.12. The molecule has 1 nitrogen and oxygen atoms in total. The molecule has 0 saturated heterocycles. The van der Waals surface area contributed by atoms with Gasteiger partial charge in [-0.3, -0.25) is 0 Å². The molecule has 3 atom stereocenters. The third-order valence-electron chi connectivity index (χ3n) is 3.44. The normalized spacial score (nSPS) is 35.7.